The first-order valence-electron chi connectivity index (χ1n) is 4.00. The zero-order valence-corrected chi connectivity index (χ0v) is 7.65. The highest BCUT2D eigenvalue weighted by Crippen LogP contribution is 2.12. The molecule has 0 saturated carbocycles. The van der Waals surface area contributed by atoms with E-state index in [4.69, 9.17) is 0 Å². The molecule has 1 atom stereocenters. The van der Waals surface area contributed by atoms with Crippen LogP contribution in [0.15, 0.2) is 0 Å². The van der Waals surface area contributed by atoms with Gasteiger partial charge in [0.25, 0.3) is 0 Å². The van der Waals surface area contributed by atoms with Crippen LogP contribution in [-0.2, 0) is 9.84 Å². The van der Waals surface area contributed by atoms with Gasteiger partial charge in [0.2, 0.25) is 0 Å². The van der Waals surface area contributed by atoms with Crippen molar-refractivity contribution in [3.63, 3.8) is 0 Å². The zero-order chi connectivity index (χ0) is 8.32. The Morgan fingerprint density at radius 1 is 1.27 bits per heavy atom. The molecule has 0 aromatic rings. The molecule has 0 bridgehead atoms. The molecule has 0 amide bonds. The van der Waals surface area contributed by atoms with Crippen molar-refractivity contribution in [3.05, 3.63) is 0 Å². The molecule has 1 aliphatic rings. The van der Waals surface area contributed by atoms with E-state index in [1.165, 1.54) is 6.26 Å². The Balaban J connectivity index is 2.57. The lowest BCUT2D eigenvalue weighted by atomic mass is 10.2. The average Bonchev–Trinajstić information content (AvgIpc) is 2.10. The van der Waals surface area contributed by atoms with Crippen molar-refractivity contribution in [2.24, 2.45) is 0 Å². The number of sulfone groups is 1. The van der Waals surface area contributed by atoms with Gasteiger partial charge in [-0.2, -0.15) is 0 Å². The van der Waals surface area contributed by atoms with Gasteiger partial charge in [0.1, 0.15) is 9.84 Å². The Kier molecular flexibility index (Phi) is 2.90. The van der Waals surface area contributed by atoms with E-state index in [-0.39, 0.29) is 5.25 Å². The molecule has 11 heavy (non-hydrogen) atoms. The summed E-state index contributed by atoms with van der Waals surface area (Å²) in [5, 5.41) is 3.09. The molecule has 0 aromatic heterocycles. The van der Waals surface area contributed by atoms with Gasteiger partial charge in [-0.25, -0.2) is 8.42 Å². The lowest BCUT2D eigenvalue weighted by Crippen LogP contribution is -2.21. The minimum Gasteiger partial charge on any atom is -0.317 e. The highest BCUT2D eigenvalue weighted by molar-refractivity contribution is 7.91. The van der Waals surface area contributed by atoms with Gasteiger partial charge in [0.15, 0.2) is 0 Å². The van der Waals surface area contributed by atoms with Crippen LogP contribution in [-0.4, -0.2) is 33.0 Å². The molecule has 1 fully saturated rings. The second kappa shape index (κ2) is 3.54. The molecule has 66 valence electrons. The number of rotatable bonds is 1. The van der Waals surface area contributed by atoms with Crippen molar-refractivity contribution >= 4 is 9.84 Å². The topological polar surface area (TPSA) is 46.2 Å². The zero-order valence-electron chi connectivity index (χ0n) is 6.84. The number of nitrogens with one attached hydrogen (secondary N) is 1. The van der Waals surface area contributed by atoms with E-state index >= 15 is 0 Å². The molecule has 0 radical (unpaired) electrons. The smallest absolute Gasteiger partial charge is 0.150 e. The first-order valence-corrected chi connectivity index (χ1v) is 5.96. The van der Waals surface area contributed by atoms with Crippen LogP contribution in [0.25, 0.3) is 0 Å². The second-order valence-electron chi connectivity index (χ2n) is 3.13. The Labute approximate surface area is 68.1 Å². The van der Waals surface area contributed by atoms with Crippen LogP contribution in [0.3, 0.4) is 0 Å². The molecule has 0 aromatic carbocycles. The van der Waals surface area contributed by atoms with Gasteiger partial charge in [0, 0.05) is 6.26 Å². The summed E-state index contributed by atoms with van der Waals surface area (Å²) in [7, 11) is -2.79. The molecule has 1 rings (SSSR count). The van der Waals surface area contributed by atoms with E-state index < -0.39 is 9.84 Å². The summed E-state index contributed by atoms with van der Waals surface area (Å²) in [6, 6.07) is 0. The van der Waals surface area contributed by atoms with Gasteiger partial charge >= 0.3 is 0 Å². The van der Waals surface area contributed by atoms with Gasteiger partial charge in [-0.1, -0.05) is 0 Å². The van der Waals surface area contributed by atoms with Crippen LogP contribution >= 0.6 is 0 Å². The third-order valence-electron chi connectivity index (χ3n) is 2.13. The summed E-state index contributed by atoms with van der Waals surface area (Å²) in [5.74, 6) is 0. The quantitative estimate of drug-likeness (QED) is 0.621. The van der Waals surface area contributed by atoms with Gasteiger partial charge in [-0.3, -0.25) is 0 Å². The molecule has 0 spiro atoms. The first kappa shape index (κ1) is 9.00. The van der Waals surface area contributed by atoms with Gasteiger partial charge in [0.05, 0.1) is 5.25 Å². The van der Waals surface area contributed by atoms with E-state index in [0.29, 0.717) is 0 Å². The fraction of sp³-hybridized carbons (Fsp3) is 1.00. The number of hydrogen-bond acceptors (Lipinski definition) is 3. The predicted octanol–water partition coefficient (Wildman–Crippen LogP) is 0.173. The molecule has 1 heterocycles. The Morgan fingerprint density at radius 3 is 2.64 bits per heavy atom. The summed E-state index contributed by atoms with van der Waals surface area (Å²) in [6.07, 6.45) is 3.92. The van der Waals surface area contributed by atoms with Gasteiger partial charge < -0.3 is 5.32 Å². The largest absolute Gasteiger partial charge is 0.317 e. The van der Waals surface area contributed by atoms with Crippen molar-refractivity contribution in [1.82, 2.24) is 5.32 Å². The molecule has 0 aliphatic carbocycles. The summed E-state index contributed by atoms with van der Waals surface area (Å²) < 4.78 is 22.2. The summed E-state index contributed by atoms with van der Waals surface area (Å²) in [4.78, 5) is 0. The maximum Gasteiger partial charge on any atom is 0.150 e. The van der Waals surface area contributed by atoms with E-state index in [1.54, 1.807) is 0 Å². The Bertz CT molecular complexity index is 202. The fourth-order valence-electron chi connectivity index (χ4n) is 1.42. The van der Waals surface area contributed by atoms with Crippen molar-refractivity contribution in [3.8, 4) is 0 Å². The standard InChI is InChI=1S/C7H15NO2S/c1-11(9,10)7-3-2-5-8-6-4-7/h7-8H,2-6H2,1H3/t7-/m0/s1. The number of hydrogen-bond donors (Lipinski definition) is 1. The highest BCUT2D eigenvalue weighted by Gasteiger charge is 2.21. The van der Waals surface area contributed by atoms with Crippen LogP contribution in [0.1, 0.15) is 19.3 Å². The Hall–Kier alpha value is -0.0900. The third-order valence-corrected chi connectivity index (χ3v) is 3.81. The molecule has 1 N–H and O–H groups in total. The van der Waals surface area contributed by atoms with Crippen LogP contribution in [0.2, 0.25) is 0 Å². The van der Waals surface area contributed by atoms with Crippen molar-refractivity contribution in [2.75, 3.05) is 19.3 Å². The van der Waals surface area contributed by atoms with Gasteiger partial charge in [-0.05, 0) is 32.4 Å². The molecule has 4 heteroatoms. The summed E-state index contributed by atoms with van der Waals surface area (Å²) in [5.41, 5.74) is 0. The van der Waals surface area contributed by atoms with E-state index in [1.807, 2.05) is 0 Å². The second-order valence-corrected chi connectivity index (χ2v) is 5.46. The molecule has 1 saturated heterocycles. The first-order chi connectivity index (χ1) is 5.11. The maximum atomic E-state index is 11.1. The normalized spacial score (nSPS) is 27.9. The monoisotopic (exact) mass is 177 g/mol. The minimum absolute atomic E-state index is 0.0995. The maximum absolute atomic E-state index is 11.1. The molecule has 3 nitrogen and oxygen atoms in total. The van der Waals surface area contributed by atoms with Crippen LogP contribution < -0.4 is 5.32 Å². The summed E-state index contributed by atoms with van der Waals surface area (Å²) in [6.45, 7) is 1.81. The van der Waals surface area contributed by atoms with Crippen molar-refractivity contribution in [2.45, 2.75) is 24.5 Å². The van der Waals surface area contributed by atoms with Crippen LogP contribution in [0.5, 0.6) is 0 Å². The predicted molar refractivity (Wildman–Crippen MR) is 45.4 cm³/mol. The SMILES string of the molecule is CS(=O)(=O)[C@H]1CCCNCC1. The minimum atomic E-state index is -2.79. The van der Waals surface area contributed by atoms with Crippen molar-refractivity contribution < 1.29 is 8.42 Å². The Morgan fingerprint density at radius 2 is 2.00 bits per heavy atom. The molecule has 1 aliphatic heterocycles. The van der Waals surface area contributed by atoms with E-state index in [9.17, 15) is 8.42 Å². The lowest BCUT2D eigenvalue weighted by molar-refractivity contribution is 0.572. The summed E-state index contributed by atoms with van der Waals surface area (Å²) >= 11 is 0. The lowest BCUT2D eigenvalue weighted by Gasteiger charge is -2.09. The highest BCUT2D eigenvalue weighted by atomic mass is 32.2. The van der Waals surface area contributed by atoms with Gasteiger partial charge in [-0.15, -0.1) is 0 Å². The van der Waals surface area contributed by atoms with E-state index in [0.717, 1.165) is 32.4 Å². The molecular formula is C7H15NO2S. The third kappa shape index (κ3) is 2.79. The van der Waals surface area contributed by atoms with E-state index in [2.05, 4.69) is 5.32 Å². The molecular weight excluding hydrogens is 162 g/mol. The molecule has 0 unspecified atom stereocenters. The average molecular weight is 177 g/mol. The fourth-order valence-corrected chi connectivity index (χ4v) is 2.56. The van der Waals surface area contributed by atoms with Crippen LogP contribution in [0.4, 0.5) is 0 Å². The van der Waals surface area contributed by atoms with Crippen LogP contribution in [0, 0.1) is 0 Å². The van der Waals surface area contributed by atoms with Crippen molar-refractivity contribution in [1.29, 1.82) is 0 Å².